The van der Waals surface area contributed by atoms with E-state index in [0.717, 1.165) is 0 Å². The fourth-order valence-electron chi connectivity index (χ4n) is 1.11. The summed E-state index contributed by atoms with van der Waals surface area (Å²) in [6.07, 6.45) is 1.04. The predicted octanol–water partition coefficient (Wildman–Crippen LogP) is 2.96. The van der Waals surface area contributed by atoms with Crippen molar-refractivity contribution in [2.24, 2.45) is 0 Å². The van der Waals surface area contributed by atoms with Crippen LogP contribution in [-0.4, -0.2) is 12.6 Å². The third-order valence-corrected chi connectivity index (χ3v) is 1.92. The van der Waals surface area contributed by atoms with Gasteiger partial charge in [-0.15, -0.1) is 0 Å². The standard InChI is InChI=1S/C11H7F5O2/c1-2-18-6(17)4-3-5-7(12)9(14)11(16)10(15)8(5)13/h3-4H,2H2,1H3. The van der Waals surface area contributed by atoms with E-state index in [1.165, 1.54) is 6.92 Å². The number of carbonyl (C=O) groups excluding carboxylic acids is 1. The van der Waals surface area contributed by atoms with Gasteiger partial charge in [0.2, 0.25) is 5.82 Å². The lowest BCUT2D eigenvalue weighted by atomic mass is 10.1. The zero-order chi connectivity index (χ0) is 13.9. The zero-order valence-electron chi connectivity index (χ0n) is 9.07. The molecule has 0 bridgehead atoms. The Balaban J connectivity index is 3.22. The Morgan fingerprint density at radius 1 is 1.00 bits per heavy atom. The van der Waals surface area contributed by atoms with Crippen molar-refractivity contribution in [1.82, 2.24) is 0 Å². The molecule has 0 aliphatic heterocycles. The third kappa shape index (κ3) is 2.66. The fraction of sp³-hybridized carbons (Fsp3) is 0.182. The van der Waals surface area contributed by atoms with E-state index < -0.39 is 40.6 Å². The largest absolute Gasteiger partial charge is 0.463 e. The van der Waals surface area contributed by atoms with E-state index >= 15 is 0 Å². The Bertz CT molecular complexity index is 482. The Morgan fingerprint density at radius 3 is 1.89 bits per heavy atom. The molecule has 0 aromatic heterocycles. The van der Waals surface area contributed by atoms with Gasteiger partial charge in [-0.2, -0.15) is 0 Å². The molecule has 2 nitrogen and oxygen atoms in total. The molecule has 0 fully saturated rings. The van der Waals surface area contributed by atoms with Gasteiger partial charge in [0.25, 0.3) is 0 Å². The van der Waals surface area contributed by atoms with Gasteiger partial charge < -0.3 is 4.74 Å². The normalized spacial score (nSPS) is 11.0. The van der Waals surface area contributed by atoms with Gasteiger partial charge in [-0.05, 0) is 13.0 Å². The molecule has 0 aliphatic carbocycles. The molecule has 0 saturated heterocycles. The van der Waals surface area contributed by atoms with E-state index in [9.17, 15) is 26.7 Å². The van der Waals surface area contributed by atoms with Crippen molar-refractivity contribution >= 4 is 12.0 Å². The highest BCUT2D eigenvalue weighted by Crippen LogP contribution is 2.23. The molecule has 0 spiro atoms. The van der Waals surface area contributed by atoms with Crippen molar-refractivity contribution in [2.75, 3.05) is 6.61 Å². The van der Waals surface area contributed by atoms with E-state index in [2.05, 4.69) is 4.74 Å². The first kappa shape index (κ1) is 14.1. The van der Waals surface area contributed by atoms with Crippen LogP contribution in [0.15, 0.2) is 6.08 Å². The highest BCUT2D eigenvalue weighted by atomic mass is 19.2. The van der Waals surface area contributed by atoms with E-state index in [1.54, 1.807) is 0 Å². The first-order valence-corrected chi connectivity index (χ1v) is 4.76. The Kier molecular flexibility index (Phi) is 4.41. The van der Waals surface area contributed by atoms with Crippen molar-refractivity contribution < 1.29 is 31.5 Å². The molecule has 0 atom stereocenters. The van der Waals surface area contributed by atoms with Gasteiger partial charge in [0.05, 0.1) is 12.2 Å². The number of esters is 1. The maximum Gasteiger partial charge on any atom is 0.330 e. The fourth-order valence-corrected chi connectivity index (χ4v) is 1.11. The van der Waals surface area contributed by atoms with Crippen LogP contribution in [0, 0.1) is 29.1 Å². The summed E-state index contributed by atoms with van der Waals surface area (Å²) in [5, 5.41) is 0. The van der Waals surface area contributed by atoms with Gasteiger partial charge >= 0.3 is 5.97 Å². The van der Waals surface area contributed by atoms with Crippen molar-refractivity contribution in [3.63, 3.8) is 0 Å². The van der Waals surface area contributed by atoms with Gasteiger partial charge in [-0.25, -0.2) is 26.7 Å². The molecular formula is C11H7F5O2. The van der Waals surface area contributed by atoms with Crippen LogP contribution in [0.1, 0.15) is 12.5 Å². The van der Waals surface area contributed by atoms with Gasteiger partial charge in [0.15, 0.2) is 23.3 Å². The second-order valence-corrected chi connectivity index (χ2v) is 3.07. The molecule has 0 amide bonds. The number of ether oxygens (including phenoxy) is 1. The molecule has 0 radical (unpaired) electrons. The monoisotopic (exact) mass is 266 g/mol. The van der Waals surface area contributed by atoms with E-state index in [0.29, 0.717) is 12.2 Å². The van der Waals surface area contributed by atoms with Gasteiger partial charge in [0.1, 0.15) is 0 Å². The van der Waals surface area contributed by atoms with Crippen LogP contribution in [0.5, 0.6) is 0 Å². The number of hydrogen-bond acceptors (Lipinski definition) is 2. The lowest BCUT2D eigenvalue weighted by Crippen LogP contribution is -2.05. The number of benzene rings is 1. The van der Waals surface area contributed by atoms with Crippen LogP contribution in [0.4, 0.5) is 22.0 Å². The van der Waals surface area contributed by atoms with Crippen LogP contribution < -0.4 is 0 Å². The average Bonchev–Trinajstić information content (AvgIpc) is 2.34. The van der Waals surface area contributed by atoms with E-state index in [-0.39, 0.29) is 6.61 Å². The quantitative estimate of drug-likeness (QED) is 0.276. The molecule has 98 valence electrons. The second kappa shape index (κ2) is 5.61. The molecule has 0 N–H and O–H groups in total. The lowest BCUT2D eigenvalue weighted by Gasteiger charge is -2.04. The van der Waals surface area contributed by atoms with Crippen molar-refractivity contribution in [3.05, 3.63) is 40.7 Å². The minimum absolute atomic E-state index is 0.0142. The van der Waals surface area contributed by atoms with Crippen LogP contribution in [-0.2, 0) is 9.53 Å². The molecule has 1 aromatic rings. The molecule has 0 heterocycles. The lowest BCUT2D eigenvalue weighted by molar-refractivity contribution is -0.137. The van der Waals surface area contributed by atoms with Crippen molar-refractivity contribution in [3.8, 4) is 0 Å². The smallest absolute Gasteiger partial charge is 0.330 e. The number of carbonyl (C=O) groups is 1. The van der Waals surface area contributed by atoms with Gasteiger partial charge in [-0.1, -0.05) is 0 Å². The Hall–Kier alpha value is -1.92. The average molecular weight is 266 g/mol. The van der Waals surface area contributed by atoms with Crippen molar-refractivity contribution in [2.45, 2.75) is 6.92 Å². The third-order valence-electron chi connectivity index (χ3n) is 1.92. The van der Waals surface area contributed by atoms with Crippen LogP contribution >= 0.6 is 0 Å². The number of halogens is 5. The van der Waals surface area contributed by atoms with E-state index in [4.69, 9.17) is 0 Å². The molecule has 0 aliphatic rings. The Labute approximate surface area is 98.7 Å². The summed E-state index contributed by atoms with van der Waals surface area (Å²) in [5.74, 6) is -11.4. The summed E-state index contributed by atoms with van der Waals surface area (Å²) in [4.78, 5) is 10.9. The SMILES string of the molecule is CCOC(=O)C=Cc1c(F)c(F)c(F)c(F)c1F. The Morgan fingerprint density at radius 2 is 1.44 bits per heavy atom. The molecule has 18 heavy (non-hydrogen) atoms. The molecule has 1 rings (SSSR count). The minimum atomic E-state index is -2.25. The zero-order valence-corrected chi connectivity index (χ0v) is 9.07. The van der Waals surface area contributed by atoms with Crippen LogP contribution in [0.2, 0.25) is 0 Å². The van der Waals surface area contributed by atoms with Crippen LogP contribution in [0.3, 0.4) is 0 Å². The number of rotatable bonds is 3. The summed E-state index contributed by atoms with van der Waals surface area (Å²) >= 11 is 0. The maximum absolute atomic E-state index is 13.1. The van der Waals surface area contributed by atoms with Gasteiger partial charge in [0, 0.05) is 6.08 Å². The number of hydrogen-bond donors (Lipinski definition) is 0. The predicted molar refractivity (Wildman–Crippen MR) is 51.9 cm³/mol. The highest BCUT2D eigenvalue weighted by Gasteiger charge is 2.24. The topological polar surface area (TPSA) is 26.3 Å². The first-order chi connectivity index (χ1) is 8.40. The first-order valence-electron chi connectivity index (χ1n) is 4.76. The maximum atomic E-state index is 13.1. The van der Waals surface area contributed by atoms with E-state index in [1.807, 2.05) is 0 Å². The molecule has 1 aromatic carbocycles. The molecule has 0 unspecified atom stereocenters. The minimum Gasteiger partial charge on any atom is -0.463 e. The molecule has 7 heteroatoms. The molecule has 0 saturated carbocycles. The van der Waals surface area contributed by atoms with Gasteiger partial charge in [-0.3, -0.25) is 0 Å². The highest BCUT2D eigenvalue weighted by molar-refractivity contribution is 5.87. The van der Waals surface area contributed by atoms with Crippen LogP contribution in [0.25, 0.3) is 6.08 Å². The summed E-state index contributed by atoms with van der Waals surface area (Å²) in [7, 11) is 0. The molecular weight excluding hydrogens is 259 g/mol. The second-order valence-electron chi connectivity index (χ2n) is 3.07. The van der Waals surface area contributed by atoms with Crippen molar-refractivity contribution in [1.29, 1.82) is 0 Å². The summed E-state index contributed by atoms with van der Waals surface area (Å²) in [6, 6.07) is 0. The summed E-state index contributed by atoms with van der Waals surface area (Å²) < 4.78 is 68.8. The summed E-state index contributed by atoms with van der Waals surface area (Å²) in [5.41, 5.74) is -1.19. The summed E-state index contributed by atoms with van der Waals surface area (Å²) in [6.45, 7) is 1.50.